The zero-order valence-electron chi connectivity index (χ0n) is 13.6. The molecule has 0 aliphatic heterocycles. The van der Waals surface area contributed by atoms with Crippen LogP contribution in [0.25, 0.3) is 27.3 Å². The zero-order valence-corrected chi connectivity index (χ0v) is 14.4. The molecule has 0 amide bonds. The maximum Gasteiger partial charge on any atom is 0.182 e. The van der Waals surface area contributed by atoms with Crippen LogP contribution in [0.15, 0.2) is 30.6 Å². The summed E-state index contributed by atoms with van der Waals surface area (Å²) in [6.07, 6.45) is 8.00. The molecule has 0 N–H and O–H groups in total. The van der Waals surface area contributed by atoms with E-state index in [1.807, 2.05) is 15.9 Å². The number of hydrogen-bond acceptors (Lipinski definition) is 4. The van der Waals surface area contributed by atoms with E-state index in [4.69, 9.17) is 4.98 Å². The van der Waals surface area contributed by atoms with E-state index in [0.717, 1.165) is 28.3 Å². The Hall–Kier alpha value is -2.27. The van der Waals surface area contributed by atoms with Gasteiger partial charge in [0.1, 0.15) is 11.2 Å². The van der Waals surface area contributed by atoms with E-state index in [1.165, 1.54) is 47.1 Å². The molecule has 3 aromatic heterocycles. The summed E-state index contributed by atoms with van der Waals surface area (Å²) in [5, 5.41) is 5.90. The third-order valence-corrected chi connectivity index (χ3v) is 6.02. The van der Waals surface area contributed by atoms with Crippen molar-refractivity contribution < 1.29 is 0 Å². The molecule has 0 fully saturated rings. The van der Waals surface area contributed by atoms with Gasteiger partial charge in [-0.25, -0.2) is 14.5 Å². The van der Waals surface area contributed by atoms with E-state index in [0.29, 0.717) is 0 Å². The summed E-state index contributed by atoms with van der Waals surface area (Å²) >= 11 is 1.84. The average Bonchev–Trinajstić information content (AvgIpc) is 3.09. The van der Waals surface area contributed by atoms with Gasteiger partial charge < -0.3 is 0 Å². The number of benzene rings is 1. The molecular formula is C19H18N4S. The van der Waals surface area contributed by atoms with Gasteiger partial charge >= 0.3 is 0 Å². The highest BCUT2D eigenvalue weighted by atomic mass is 32.1. The maximum absolute atomic E-state index is 4.88. The molecule has 0 saturated carbocycles. The van der Waals surface area contributed by atoms with Gasteiger partial charge in [-0.05, 0) is 44.2 Å². The standard InChI is InChI=1S/C19H18N4S/c1-12-6-5-7-13(10-12)17-21-18-16-14-8-3-2-4-9-15(14)24-19(16)20-11-23(18)22-17/h5-7,10-11H,2-4,8-9H2,1H3. The predicted molar refractivity (Wildman–Crippen MR) is 97.6 cm³/mol. The highest BCUT2D eigenvalue weighted by Crippen LogP contribution is 2.36. The molecule has 4 nitrogen and oxygen atoms in total. The summed E-state index contributed by atoms with van der Waals surface area (Å²) in [4.78, 5) is 12.1. The minimum atomic E-state index is 0.779. The van der Waals surface area contributed by atoms with Crippen LogP contribution in [0.2, 0.25) is 0 Å². The molecule has 0 radical (unpaired) electrons. The van der Waals surface area contributed by atoms with Crippen molar-refractivity contribution >= 4 is 27.2 Å². The number of aromatic nitrogens is 4. The van der Waals surface area contributed by atoms with E-state index in [-0.39, 0.29) is 0 Å². The summed E-state index contributed by atoms with van der Waals surface area (Å²) in [7, 11) is 0. The minimum absolute atomic E-state index is 0.779. The monoisotopic (exact) mass is 334 g/mol. The first kappa shape index (κ1) is 14.1. The van der Waals surface area contributed by atoms with Crippen LogP contribution in [0.5, 0.6) is 0 Å². The second-order valence-electron chi connectivity index (χ2n) is 6.56. The van der Waals surface area contributed by atoms with Crippen LogP contribution >= 0.6 is 11.3 Å². The van der Waals surface area contributed by atoms with Crippen molar-refractivity contribution in [3.05, 3.63) is 46.6 Å². The van der Waals surface area contributed by atoms with Crippen molar-refractivity contribution in [2.75, 3.05) is 0 Å². The van der Waals surface area contributed by atoms with Gasteiger partial charge in [-0.15, -0.1) is 16.4 Å². The Kier molecular flexibility index (Phi) is 3.16. The quantitative estimate of drug-likeness (QED) is 0.478. The number of hydrogen-bond donors (Lipinski definition) is 0. The van der Waals surface area contributed by atoms with Gasteiger partial charge in [0.05, 0.1) is 5.39 Å². The molecule has 4 aromatic rings. The average molecular weight is 334 g/mol. The molecule has 1 aliphatic carbocycles. The topological polar surface area (TPSA) is 43.1 Å². The smallest absolute Gasteiger partial charge is 0.182 e. The van der Waals surface area contributed by atoms with Gasteiger partial charge in [0.2, 0.25) is 0 Å². The number of rotatable bonds is 1. The zero-order chi connectivity index (χ0) is 16.1. The molecular weight excluding hydrogens is 316 g/mol. The fourth-order valence-electron chi connectivity index (χ4n) is 3.64. The lowest BCUT2D eigenvalue weighted by Crippen LogP contribution is -1.92. The number of aryl methyl sites for hydroxylation is 3. The van der Waals surface area contributed by atoms with Gasteiger partial charge in [-0.1, -0.05) is 30.2 Å². The van der Waals surface area contributed by atoms with Crippen molar-refractivity contribution in [3.8, 4) is 11.4 Å². The van der Waals surface area contributed by atoms with Crippen LogP contribution < -0.4 is 0 Å². The molecule has 3 heterocycles. The largest absolute Gasteiger partial charge is 0.225 e. The van der Waals surface area contributed by atoms with Crippen LogP contribution in [0.4, 0.5) is 0 Å². The molecule has 0 bridgehead atoms. The van der Waals surface area contributed by atoms with Crippen molar-refractivity contribution in [3.63, 3.8) is 0 Å². The van der Waals surface area contributed by atoms with Crippen molar-refractivity contribution in [2.45, 2.75) is 39.0 Å². The Balaban J connectivity index is 1.77. The fourth-order valence-corrected chi connectivity index (χ4v) is 4.86. The third-order valence-electron chi connectivity index (χ3n) is 4.82. The summed E-state index contributed by atoms with van der Waals surface area (Å²) in [6.45, 7) is 2.10. The molecule has 1 aliphatic rings. The molecule has 5 heteroatoms. The van der Waals surface area contributed by atoms with Crippen molar-refractivity contribution in [1.82, 2.24) is 19.6 Å². The molecule has 1 aromatic carbocycles. The predicted octanol–water partition coefficient (Wildman–Crippen LogP) is 4.58. The van der Waals surface area contributed by atoms with E-state index in [2.05, 4.69) is 41.3 Å². The summed E-state index contributed by atoms with van der Waals surface area (Å²) in [5.41, 5.74) is 4.71. The third kappa shape index (κ3) is 2.15. The lowest BCUT2D eigenvalue weighted by molar-refractivity contribution is 0.713. The van der Waals surface area contributed by atoms with Gasteiger partial charge in [-0.3, -0.25) is 0 Å². The van der Waals surface area contributed by atoms with Crippen LogP contribution in [0.1, 0.15) is 35.3 Å². The molecule has 5 rings (SSSR count). The fraction of sp³-hybridized carbons (Fsp3) is 0.316. The van der Waals surface area contributed by atoms with E-state index in [9.17, 15) is 0 Å². The second-order valence-corrected chi connectivity index (χ2v) is 7.65. The van der Waals surface area contributed by atoms with Crippen LogP contribution in [-0.2, 0) is 12.8 Å². The Morgan fingerprint density at radius 3 is 2.96 bits per heavy atom. The number of nitrogens with zero attached hydrogens (tertiary/aromatic N) is 4. The Bertz CT molecular complexity index is 1060. The highest BCUT2D eigenvalue weighted by Gasteiger charge is 2.20. The maximum atomic E-state index is 4.88. The summed E-state index contributed by atoms with van der Waals surface area (Å²) in [6, 6.07) is 8.35. The number of fused-ring (bicyclic) bond motifs is 5. The lowest BCUT2D eigenvalue weighted by atomic mass is 10.1. The minimum Gasteiger partial charge on any atom is -0.225 e. The van der Waals surface area contributed by atoms with E-state index in [1.54, 1.807) is 6.33 Å². The van der Waals surface area contributed by atoms with Crippen LogP contribution in [0.3, 0.4) is 0 Å². The highest BCUT2D eigenvalue weighted by molar-refractivity contribution is 7.19. The van der Waals surface area contributed by atoms with Crippen LogP contribution in [-0.4, -0.2) is 19.6 Å². The molecule has 24 heavy (non-hydrogen) atoms. The Morgan fingerprint density at radius 2 is 2.04 bits per heavy atom. The Morgan fingerprint density at radius 1 is 1.12 bits per heavy atom. The SMILES string of the molecule is Cc1cccc(-c2nc3c4c5c(sc4ncn3n2)CCCCC5)c1. The Labute approximate surface area is 144 Å². The van der Waals surface area contributed by atoms with E-state index >= 15 is 0 Å². The molecule has 0 spiro atoms. The van der Waals surface area contributed by atoms with Gasteiger partial charge in [0.15, 0.2) is 11.5 Å². The summed E-state index contributed by atoms with van der Waals surface area (Å²) in [5.74, 6) is 0.779. The normalized spacial score (nSPS) is 14.9. The summed E-state index contributed by atoms with van der Waals surface area (Å²) < 4.78 is 1.85. The number of thiophene rings is 1. The van der Waals surface area contributed by atoms with Gasteiger partial charge in [0.25, 0.3) is 0 Å². The molecule has 0 unspecified atom stereocenters. The van der Waals surface area contributed by atoms with Crippen molar-refractivity contribution in [1.29, 1.82) is 0 Å². The first-order valence-corrected chi connectivity index (χ1v) is 9.34. The van der Waals surface area contributed by atoms with Gasteiger partial charge in [0, 0.05) is 10.4 Å². The molecule has 0 saturated heterocycles. The van der Waals surface area contributed by atoms with Crippen LogP contribution in [0, 0.1) is 6.92 Å². The first-order chi connectivity index (χ1) is 11.8. The lowest BCUT2D eigenvalue weighted by Gasteiger charge is -1.98. The first-order valence-electron chi connectivity index (χ1n) is 8.52. The van der Waals surface area contributed by atoms with E-state index < -0.39 is 0 Å². The van der Waals surface area contributed by atoms with Crippen molar-refractivity contribution in [2.24, 2.45) is 0 Å². The molecule has 120 valence electrons. The molecule has 0 atom stereocenters. The second kappa shape index (κ2) is 5.38. The van der Waals surface area contributed by atoms with Gasteiger partial charge in [-0.2, -0.15) is 0 Å².